The topological polar surface area (TPSA) is 75.6 Å². The minimum Gasteiger partial charge on any atom is -0.496 e. The van der Waals surface area contributed by atoms with Crippen molar-refractivity contribution >= 4 is 11.9 Å². The molecule has 202 valence electrons. The van der Waals surface area contributed by atoms with Crippen LogP contribution >= 0.6 is 0 Å². The van der Waals surface area contributed by atoms with Crippen molar-refractivity contribution in [2.75, 3.05) is 13.2 Å². The second-order valence-corrected chi connectivity index (χ2v) is 12.4. The second kappa shape index (κ2) is 11.0. The van der Waals surface area contributed by atoms with Crippen LogP contribution < -0.4 is 5.32 Å². The van der Waals surface area contributed by atoms with Gasteiger partial charge < -0.3 is 15.2 Å². The normalized spacial score (nSPS) is 38.5. The highest BCUT2D eigenvalue weighted by Gasteiger charge is 2.60. The van der Waals surface area contributed by atoms with Gasteiger partial charge in [-0.1, -0.05) is 47.1 Å². The predicted octanol–water partition coefficient (Wildman–Crippen LogP) is 8.05. The molecule has 0 spiro atoms. The summed E-state index contributed by atoms with van der Waals surface area (Å²) in [7, 11) is 0. The molecule has 0 heterocycles. The van der Waals surface area contributed by atoms with Crippen LogP contribution in [0.15, 0.2) is 12.3 Å². The number of allylic oxidation sites excluding steroid dienone is 1. The number of amides is 1. The minimum atomic E-state index is -1.03. The molecule has 0 saturated heterocycles. The number of carbonyl (C=O) groups is 2. The Balaban J connectivity index is 0. The number of carboxylic acid groups (broad SMARTS) is 1. The molecule has 0 bridgehead atoms. The van der Waals surface area contributed by atoms with Crippen molar-refractivity contribution < 1.29 is 25.1 Å². The maximum Gasteiger partial charge on any atom is 0.404 e. The van der Waals surface area contributed by atoms with Crippen molar-refractivity contribution in [1.29, 1.82) is 0 Å². The van der Waals surface area contributed by atoms with Crippen LogP contribution in [0.3, 0.4) is 0 Å². The van der Waals surface area contributed by atoms with E-state index < -0.39 is 6.09 Å². The molecule has 7 atom stereocenters. The van der Waals surface area contributed by atoms with E-state index in [1.807, 2.05) is 20.8 Å². The molecular weight excluding hydrogens is 426 g/mol. The molecule has 1 amide bonds. The number of nitrogens with one attached hydrogen (secondary N) is 1. The van der Waals surface area contributed by atoms with E-state index in [1.165, 1.54) is 64.2 Å². The van der Waals surface area contributed by atoms with Gasteiger partial charge >= 0.3 is 6.09 Å². The molecule has 5 nitrogen and oxygen atoms in total. The molecule has 4 aliphatic carbocycles. The largest absolute Gasteiger partial charge is 0.496 e. The monoisotopic (exact) mass is 483 g/mol. The molecule has 3 unspecified atom stereocenters. The van der Waals surface area contributed by atoms with E-state index in [1.54, 1.807) is 0 Å². The predicted molar refractivity (Wildman–Crippen MR) is 145 cm³/mol. The van der Waals surface area contributed by atoms with Crippen molar-refractivity contribution in [3.63, 3.8) is 0 Å². The molecule has 4 saturated carbocycles. The van der Waals surface area contributed by atoms with Crippen LogP contribution in [-0.4, -0.2) is 30.1 Å². The van der Waals surface area contributed by atoms with Gasteiger partial charge in [-0.25, -0.2) is 4.79 Å². The molecule has 4 rings (SSSR count). The first kappa shape index (κ1) is 27.1. The number of ketones is 1. The van der Waals surface area contributed by atoms with Crippen molar-refractivity contribution in [3.8, 4) is 0 Å². The van der Waals surface area contributed by atoms with Crippen molar-refractivity contribution in [2.45, 2.75) is 98.8 Å². The first-order valence-corrected chi connectivity index (χ1v) is 13.8. The fraction of sp³-hybridized carbons (Fsp3) is 0.862. The highest BCUT2D eigenvalue weighted by Crippen LogP contribution is 2.67. The second-order valence-electron chi connectivity index (χ2n) is 12.4. The minimum absolute atomic E-state index is 0. The lowest BCUT2D eigenvalue weighted by Gasteiger charge is -2.60. The summed E-state index contributed by atoms with van der Waals surface area (Å²) in [6, 6.07) is 0. The van der Waals surface area contributed by atoms with Gasteiger partial charge in [-0.3, -0.25) is 4.79 Å². The summed E-state index contributed by atoms with van der Waals surface area (Å²) >= 11 is 0. The van der Waals surface area contributed by atoms with Gasteiger partial charge in [-0.05, 0) is 92.8 Å². The van der Waals surface area contributed by atoms with E-state index in [-0.39, 0.29) is 11.6 Å². The van der Waals surface area contributed by atoms with Crippen molar-refractivity contribution in [2.24, 2.45) is 46.3 Å². The highest BCUT2D eigenvalue weighted by atomic mass is 16.5. The van der Waals surface area contributed by atoms with Crippen molar-refractivity contribution in [1.82, 2.24) is 5.32 Å². The zero-order chi connectivity index (χ0) is 25.1. The molecule has 2 N–H and O–H groups in total. The Bertz CT molecular complexity index is 767. The molecule has 5 heteroatoms. The maximum atomic E-state index is 12.2. The molecule has 0 aromatic carbocycles. The Kier molecular flexibility index (Phi) is 8.79. The number of ether oxygens (including phenoxy) is 1. The summed E-state index contributed by atoms with van der Waals surface area (Å²) < 4.78 is 5.13. The average Bonchev–Trinajstić information content (AvgIpc) is 3.14. The number of hydrogen-bond acceptors (Lipinski definition) is 3. The summed E-state index contributed by atoms with van der Waals surface area (Å²) in [6.07, 6.45) is 13.1. The van der Waals surface area contributed by atoms with Gasteiger partial charge in [-0.15, -0.1) is 0 Å². The van der Waals surface area contributed by atoms with Gasteiger partial charge in [0.1, 0.15) is 12.4 Å². The van der Waals surface area contributed by atoms with E-state index in [4.69, 9.17) is 9.84 Å². The lowest BCUT2D eigenvalue weighted by atomic mass is 9.45. The Morgan fingerprint density at radius 3 is 2.38 bits per heavy atom. The van der Waals surface area contributed by atoms with E-state index in [0.717, 1.165) is 23.7 Å². The molecule has 0 aromatic heterocycles. The molecule has 0 aromatic rings. The Labute approximate surface area is 213 Å². The van der Waals surface area contributed by atoms with Gasteiger partial charge in [0.25, 0.3) is 0 Å². The number of hydrogen-bond donors (Lipinski definition) is 2. The quantitative estimate of drug-likeness (QED) is 0.296. The first-order chi connectivity index (χ1) is 16.0. The van der Waals surface area contributed by atoms with Gasteiger partial charge in [0.2, 0.25) is 0 Å². The van der Waals surface area contributed by atoms with Gasteiger partial charge in [-0.2, -0.15) is 0 Å². The fourth-order valence-electron chi connectivity index (χ4n) is 8.47. The van der Waals surface area contributed by atoms with Crippen LogP contribution in [0.5, 0.6) is 0 Å². The summed E-state index contributed by atoms with van der Waals surface area (Å²) in [5, 5.41) is 10.4. The fourth-order valence-corrected chi connectivity index (χ4v) is 8.47. The first-order valence-electron chi connectivity index (χ1n) is 13.8. The molecule has 0 aliphatic heterocycles. The third-order valence-corrected chi connectivity index (χ3v) is 10.4. The number of Topliss-reactive ketones (excluding diaryl/α,β-unsaturated/α-hetero) is 1. The molecular formula is C29H57NO4. The van der Waals surface area contributed by atoms with E-state index >= 15 is 0 Å². The molecule has 4 fully saturated rings. The third-order valence-electron chi connectivity index (χ3n) is 10.4. The number of fused-ring (bicyclic) bond motifs is 5. The van der Waals surface area contributed by atoms with Gasteiger partial charge in [0.15, 0.2) is 0 Å². The van der Waals surface area contributed by atoms with E-state index in [9.17, 15) is 9.59 Å². The molecule has 4 aliphatic rings. The van der Waals surface area contributed by atoms with Crippen LogP contribution in [0, 0.1) is 46.3 Å². The maximum absolute atomic E-state index is 12.2. The Morgan fingerprint density at radius 1 is 1.03 bits per heavy atom. The summed E-state index contributed by atoms with van der Waals surface area (Å²) in [5.74, 6) is 5.56. The molecule has 0 radical (unpaired) electrons. The van der Waals surface area contributed by atoms with Crippen LogP contribution in [0.1, 0.15) is 105 Å². The van der Waals surface area contributed by atoms with Gasteiger partial charge in [0.05, 0.1) is 12.3 Å². The molecule has 34 heavy (non-hydrogen) atoms. The van der Waals surface area contributed by atoms with Crippen LogP contribution in [-0.2, 0) is 9.53 Å². The van der Waals surface area contributed by atoms with Crippen LogP contribution in [0.25, 0.3) is 0 Å². The number of carbonyl (C=O) groups excluding carboxylic acids is 1. The summed E-state index contributed by atoms with van der Waals surface area (Å²) in [6.45, 7) is 15.2. The Hall–Kier alpha value is -1.52. The standard InChI is InChI=1S/C21H34O.C8H15NO3.4H2/c1-14(22)17-9-10-18-16-8-7-15-6-4-5-12-20(15,2)19(16)11-13-21(17,18)3;1-6(2)7(3)12-5-4-9-8(10)11;;;;/h15-19H,4-13H2,1-3H3;6,9H,3-5H2,1-2H3,(H,10,11);4*1H/t15?,16-,17+,18?,19?,20-,21+;;;;;/m0...../s1. The van der Waals surface area contributed by atoms with Crippen LogP contribution in [0.2, 0.25) is 0 Å². The smallest absolute Gasteiger partial charge is 0.404 e. The average molecular weight is 484 g/mol. The summed E-state index contributed by atoms with van der Waals surface area (Å²) in [5.41, 5.74) is 0.974. The lowest BCUT2D eigenvalue weighted by molar-refractivity contribution is -0.133. The third kappa shape index (κ3) is 5.49. The van der Waals surface area contributed by atoms with Crippen molar-refractivity contribution in [3.05, 3.63) is 12.3 Å². The number of rotatable bonds is 6. The summed E-state index contributed by atoms with van der Waals surface area (Å²) in [4.78, 5) is 22.1. The Morgan fingerprint density at radius 2 is 1.74 bits per heavy atom. The SMILES string of the molecule is C=C(OCCNC(=O)O)C(C)C.CC(=O)[C@H]1CCC2[C@@H]3CCC4CCCC[C@]4(C)C3CC[C@@]21C.[HH].[HH].[HH].[HH]. The zero-order valence-corrected chi connectivity index (χ0v) is 22.3. The van der Waals surface area contributed by atoms with E-state index in [0.29, 0.717) is 41.4 Å². The van der Waals surface area contributed by atoms with Crippen LogP contribution in [0.4, 0.5) is 4.79 Å². The van der Waals surface area contributed by atoms with E-state index in [2.05, 4.69) is 25.7 Å². The zero-order valence-electron chi connectivity index (χ0n) is 22.3. The lowest BCUT2D eigenvalue weighted by Crippen LogP contribution is -2.53. The van der Waals surface area contributed by atoms with Gasteiger partial charge in [0, 0.05) is 17.5 Å². The highest BCUT2D eigenvalue weighted by molar-refractivity contribution is 5.79.